The monoisotopic (exact) mass is 247 g/mol. The summed E-state index contributed by atoms with van der Waals surface area (Å²) in [5.41, 5.74) is 2.40. The van der Waals surface area contributed by atoms with Gasteiger partial charge in [0.25, 0.3) is 0 Å². The van der Waals surface area contributed by atoms with Crippen molar-refractivity contribution in [3.63, 3.8) is 0 Å². The molecule has 1 aromatic rings. The van der Waals surface area contributed by atoms with Gasteiger partial charge in [0.05, 0.1) is 5.92 Å². The molecule has 5 nitrogen and oxygen atoms in total. The van der Waals surface area contributed by atoms with Gasteiger partial charge in [-0.3, -0.25) is 4.79 Å². The summed E-state index contributed by atoms with van der Waals surface area (Å²) in [6.07, 6.45) is 6.77. The third-order valence-corrected chi connectivity index (χ3v) is 3.94. The fraction of sp³-hybridized carbons (Fsp3) is 0.615. The Morgan fingerprint density at radius 3 is 2.94 bits per heavy atom. The number of fused-ring (bicyclic) bond motifs is 1. The normalized spacial score (nSPS) is 22.9. The summed E-state index contributed by atoms with van der Waals surface area (Å²) in [6, 6.07) is 0. The molecule has 0 spiro atoms. The standard InChI is InChI=1S/C13H17N3O2/c17-13(18)9-5-6-16(7-9)12-10-3-1-2-4-11(10)14-8-15-12/h8-9H,1-7H2,(H,17,18)/t9-/m1/s1. The van der Waals surface area contributed by atoms with E-state index in [0.29, 0.717) is 13.0 Å². The van der Waals surface area contributed by atoms with Crippen LogP contribution in [0, 0.1) is 5.92 Å². The Morgan fingerprint density at radius 2 is 2.17 bits per heavy atom. The van der Waals surface area contributed by atoms with E-state index >= 15 is 0 Å². The Kier molecular flexibility index (Phi) is 2.89. The highest BCUT2D eigenvalue weighted by atomic mass is 16.4. The maximum absolute atomic E-state index is 11.0. The number of aryl methyl sites for hydroxylation is 1. The second-order valence-corrected chi connectivity index (χ2v) is 5.10. The fourth-order valence-corrected chi connectivity index (χ4v) is 2.93. The molecule has 1 atom stereocenters. The minimum Gasteiger partial charge on any atom is -0.481 e. The summed E-state index contributed by atoms with van der Waals surface area (Å²) in [7, 11) is 0. The smallest absolute Gasteiger partial charge is 0.308 e. The summed E-state index contributed by atoms with van der Waals surface area (Å²) in [6.45, 7) is 1.37. The van der Waals surface area contributed by atoms with E-state index in [4.69, 9.17) is 5.11 Å². The molecule has 0 saturated carbocycles. The average Bonchev–Trinajstić information content (AvgIpc) is 2.87. The molecule has 1 aliphatic heterocycles. The number of rotatable bonds is 2. The molecule has 0 amide bonds. The van der Waals surface area contributed by atoms with E-state index in [1.807, 2.05) is 0 Å². The molecule has 3 rings (SSSR count). The van der Waals surface area contributed by atoms with Gasteiger partial charge in [-0.15, -0.1) is 0 Å². The molecule has 0 bridgehead atoms. The van der Waals surface area contributed by atoms with Crippen LogP contribution in [0.25, 0.3) is 0 Å². The molecule has 96 valence electrons. The Bertz CT molecular complexity index is 475. The van der Waals surface area contributed by atoms with Gasteiger partial charge >= 0.3 is 5.97 Å². The molecule has 1 N–H and O–H groups in total. The highest BCUT2D eigenvalue weighted by Gasteiger charge is 2.30. The van der Waals surface area contributed by atoms with Crippen LogP contribution in [0.1, 0.15) is 30.5 Å². The first-order valence-electron chi connectivity index (χ1n) is 6.56. The lowest BCUT2D eigenvalue weighted by Crippen LogP contribution is -2.26. The third-order valence-electron chi connectivity index (χ3n) is 3.94. The SMILES string of the molecule is O=C(O)[C@@H]1CCN(c2ncnc3c2CCCC3)C1. The molecule has 0 radical (unpaired) electrons. The van der Waals surface area contributed by atoms with Crippen molar-refractivity contribution in [3.8, 4) is 0 Å². The number of carboxylic acids is 1. The van der Waals surface area contributed by atoms with E-state index < -0.39 is 5.97 Å². The van der Waals surface area contributed by atoms with Crippen molar-refractivity contribution in [3.05, 3.63) is 17.6 Å². The average molecular weight is 247 g/mol. The largest absolute Gasteiger partial charge is 0.481 e. The second kappa shape index (κ2) is 4.55. The van der Waals surface area contributed by atoms with Crippen molar-refractivity contribution in [2.75, 3.05) is 18.0 Å². The first-order valence-corrected chi connectivity index (χ1v) is 6.56. The number of hydrogen-bond donors (Lipinski definition) is 1. The molecule has 0 aromatic carbocycles. The number of carboxylic acid groups (broad SMARTS) is 1. The van der Waals surface area contributed by atoms with Crippen LogP contribution in [-0.4, -0.2) is 34.1 Å². The zero-order valence-electron chi connectivity index (χ0n) is 10.3. The van der Waals surface area contributed by atoms with Crippen molar-refractivity contribution in [1.82, 2.24) is 9.97 Å². The van der Waals surface area contributed by atoms with Crippen LogP contribution in [0.5, 0.6) is 0 Å². The van der Waals surface area contributed by atoms with Crippen LogP contribution in [-0.2, 0) is 17.6 Å². The number of nitrogens with zero attached hydrogens (tertiary/aromatic N) is 3. The number of hydrogen-bond acceptors (Lipinski definition) is 4. The lowest BCUT2D eigenvalue weighted by molar-refractivity contribution is -0.140. The predicted molar refractivity (Wildman–Crippen MR) is 66.6 cm³/mol. The van der Waals surface area contributed by atoms with Crippen LogP contribution in [0.4, 0.5) is 5.82 Å². The Balaban J connectivity index is 1.87. The molecular weight excluding hydrogens is 230 g/mol. The minimum atomic E-state index is -0.694. The highest BCUT2D eigenvalue weighted by molar-refractivity contribution is 5.72. The first-order chi connectivity index (χ1) is 8.75. The van der Waals surface area contributed by atoms with Gasteiger partial charge in [-0.1, -0.05) is 0 Å². The Hall–Kier alpha value is -1.65. The molecule has 0 unspecified atom stereocenters. The van der Waals surface area contributed by atoms with Crippen molar-refractivity contribution in [1.29, 1.82) is 0 Å². The van der Waals surface area contributed by atoms with Crippen LogP contribution >= 0.6 is 0 Å². The molecule has 2 heterocycles. The Morgan fingerprint density at radius 1 is 1.33 bits per heavy atom. The van der Waals surface area contributed by atoms with E-state index in [-0.39, 0.29) is 5.92 Å². The van der Waals surface area contributed by atoms with Gasteiger partial charge < -0.3 is 10.0 Å². The van der Waals surface area contributed by atoms with Crippen molar-refractivity contribution in [2.45, 2.75) is 32.1 Å². The van der Waals surface area contributed by atoms with Gasteiger partial charge in [0.1, 0.15) is 12.1 Å². The number of carbonyl (C=O) groups is 1. The quantitative estimate of drug-likeness (QED) is 0.852. The maximum atomic E-state index is 11.0. The summed E-state index contributed by atoms with van der Waals surface area (Å²) in [5, 5.41) is 9.06. The summed E-state index contributed by atoms with van der Waals surface area (Å²) in [4.78, 5) is 21.9. The van der Waals surface area contributed by atoms with Crippen molar-refractivity contribution < 1.29 is 9.90 Å². The van der Waals surface area contributed by atoms with E-state index in [1.54, 1.807) is 6.33 Å². The van der Waals surface area contributed by atoms with E-state index in [0.717, 1.165) is 30.9 Å². The summed E-state index contributed by atoms with van der Waals surface area (Å²) < 4.78 is 0. The lowest BCUT2D eigenvalue weighted by atomic mass is 9.96. The molecule has 1 aromatic heterocycles. The number of anilines is 1. The number of aliphatic carboxylic acids is 1. The number of aromatic nitrogens is 2. The minimum absolute atomic E-state index is 0.251. The Labute approximate surface area is 106 Å². The zero-order valence-corrected chi connectivity index (χ0v) is 10.3. The first kappa shape index (κ1) is 11.4. The predicted octanol–water partition coefficient (Wildman–Crippen LogP) is 1.27. The van der Waals surface area contributed by atoms with E-state index in [9.17, 15) is 4.79 Å². The molecule has 2 aliphatic rings. The topological polar surface area (TPSA) is 66.3 Å². The van der Waals surface area contributed by atoms with Crippen molar-refractivity contribution in [2.24, 2.45) is 5.92 Å². The summed E-state index contributed by atoms with van der Waals surface area (Å²) in [5.74, 6) is 0.0306. The van der Waals surface area contributed by atoms with Gasteiger partial charge in [0.15, 0.2) is 0 Å². The molecule has 1 saturated heterocycles. The van der Waals surface area contributed by atoms with Crippen molar-refractivity contribution >= 4 is 11.8 Å². The van der Waals surface area contributed by atoms with E-state index in [2.05, 4.69) is 14.9 Å². The van der Waals surface area contributed by atoms with Gasteiger partial charge in [-0.25, -0.2) is 9.97 Å². The third kappa shape index (κ3) is 1.94. The van der Waals surface area contributed by atoms with Gasteiger partial charge in [-0.05, 0) is 32.1 Å². The van der Waals surface area contributed by atoms with Gasteiger partial charge in [0.2, 0.25) is 0 Å². The van der Waals surface area contributed by atoms with Crippen LogP contribution in [0.3, 0.4) is 0 Å². The van der Waals surface area contributed by atoms with E-state index in [1.165, 1.54) is 18.4 Å². The zero-order chi connectivity index (χ0) is 12.5. The van der Waals surface area contributed by atoms with Gasteiger partial charge in [-0.2, -0.15) is 0 Å². The van der Waals surface area contributed by atoms with Crippen LogP contribution in [0.15, 0.2) is 6.33 Å². The molecule has 1 fully saturated rings. The highest BCUT2D eigenvalue weighted by Crippen LogP contribution is 2.30. The fourth-order valence-electron chi connectivity index (χ4n) is 2.93. The second-order valence-electron chi connectivity index (χ2n) is 5.10. The summed E-state index contributed by atoms with van der Waals surface area (Å²) >= 11 is 0. The molecule has 1 aliphatic carbocycles. The lowest BCUT2D eigenvalue weighted by Gasteiger charge is -2.24. The van der Waals surface area contributed by atoms with Crippen LogP contribution < -0.4 is 4.90 Å². The van der Waals surface area contributed by atoms with Gasteiger partial charge in [0, 0.05) is 24.3 Å². The molecule has 18 heavy (non-hydrogen) atoms. The molecule has 5 heteroatoms. The molecular formula is C13H17N3O2. The van der Waals surface area contributed by atoms with Crippen LogP contribution in [0.2, 0.25) is 0 Å². The maximum Gasteiger partial charge on any atom is 0.308 e.